The highest BCUT2D eigenvalue weighted by molar-refractivity contribution is 7.99. The van der Waals surface area contributed by atoms with Gasteiger partial charge >= 0.3 is 0 Å². The van der Waals surface area contributed by atoms with E-state index in [9.17, 15) is 0 Å². The fourth-order valence-corrected chi connectivity index (χ4v) is 2.87. The van der Waals surface area contributed by atoms with Gasteiger partial charge in [0.15, 0.2) is 0 Å². The Morgan fingerprint density at radius 2 is 1.94 bits per heavy atom. The summed E-state index contributed by atoms with van der Waals surface area (Å²) in [5, 5.41) is 1.90. The smallest absolute Gasteiger partial charge is 0.147 e. The largest absolute Gasteiger partial charge is 0.259 e. The molecule has 2 aromatic heterocycles. The standard InChI is InChI=1S/C12H9Cl2N3S/c13-9-5-17-10(6-16-9)18-8-3-4-15-12(11(8)14)7-1-2-7/h3-7H,1-2H2. The molecule has 92 valence electrons. The van der Waals surface area contributed by atoms with Crippen molar-refractivity contribution in [1.29, 1.82) is 0 Å². The van der Waals surface area contributed by atoms with E-state index in [0.717, 1.165) is 20.6 Å². The highest BCUT2D eigenvalue weighted by Crippen LogP contribution is 2.45. The predicted molar refractivity (Wildman–Crippen MR) is 72.4 cm³/mol. The molecule has 0 bridgehead atoms. The number of nitrogens with zero attached hydrogens (tertiary/aromatic N) is 3. The van der Waals surface area contributed by atoms with Crippen LogP contribution in [0.3, 0.4) is 0 Å². The highest BCUT2D eigenvalue weighted by atomic mass is 35.5. The molecule has 6 heteroatoms. The van der Waals surface area contributed by atoms with Crippen molar-refractivity contribution >= 4 is 35.0 Å². The number of pyridine rings is 1. The molecule has 1 saturated carbocycles. The molecule has 0 N–H and O–H groups in total. The van der Waals surface area contributed by atoms with Crippen LogP contribution < -0.4 is 0 Å². The summed E-state index contributed by atoms with van der Waals surface area (Å²) >= 11 is 13.5. The second-order valence-electron chi connectivity index (χ2n) is 4.06. The molecule has 1 aliphatic carbocycles. The van der Waals surface area contributed by atoms with E-state index in [4.69, 9.17) is 23.2 Å². The molecule has 2 aromatic rings. The van der Waals surface area contributed by atoms with Gasteiger partial charge in [-0.25, -0.2) is 9.97 Å². The Morgan fingerprint density at radius 3 is 2.61 bits per heavy atom. The van der Waals surface area contributed by atoms with Crippen molar-refractivity contribution in [3.05, 3.63) is 40.5 Å². The summed E-state index contributed by atoms with van der Waals surface area (Å²) in [4.78, 5) is 13.5. The number of hydrogen-bond acceptors (Lipinski definition) is 4. The van der Waals surface area contributed by atoms with Crippen LogP contribution in [-0.2, 0) is 0 Å². The van der Waals surface area contributed by atoms with Gasteiger partial charge < -0.3 is 0 Å². The van der Waals surface area contributed by atoms with Gasteiger partial charge in [0.1, 0.15) is 10.2 Å². The minimum absolute atomic E-state index is 0.388. The summed E-state index contributed by atoms with van der Waals surface area (Å²) in [6, 6.07) is 1.90. The van der Waals surface area contributed by atoms with E-state index in [2.05, 4.69) is 15.0 Å². The van der Waals surface area contributed by atoms with Gasteiger partial charge in [-0.3, -0.25) is 4.98 Å². The first kappa shape index (κ1) is 12.2. The van der Waals surface area contributed by atoms with Crippen molar-refractivity contribution in [3.63, 3.8) is 0 Å². The zero-order chi connectivity index (χ0) is 12.5. The Labute approximate surface area is 119 Å². The minimum atomic E-state index is 0.388. The molecular formula is C12H9Cl2N3S. The van der Waals surface area contributed by atoms with Gasteiger partial charge in [-0.15, -0.1) is 0 Å². The molecule has 0 amide bonds. The van der Waals surface area contributed by atoms with E-state index in [-0.39, 0.29) is 0 Å². The summed E-state index contributed by atoms with van der Waals surface area (Å²) in [5.41, 5.74) is 1.00. The maximum Gasteiger partial charge on any atom is 0.147 e. The molecule has 0 atom stereocenters. The zero-order valence-corrected chi connectivity index (χ0v) is 11.6. The lowest BCUT2D eigenvalue weighted by atomic mass is 10.2. The summed E-state index contributed by atoms with van der Waals surface area (Å²) < 4.78 is 0. The molecule has 18 heavy (non-hydrogen) atoms. The fourth-order valence-electron chi connectivity index (χ4n) is 1.63. The van der Waals surface area contributed by atoms with Crippen molar-refractivity contribution < 1.29 is 0 Å². The average Bonchev–Trinajstić information content (AvgIpc) is 3.19. The molecule has 0 spiro atoms. The molecule has 1 fully saturated rings. The second-order valence-corrected chi connectivity index (χ2v) is 5.89. The lowest BCUT2D eigenvalue weighted by Crippen LogP contribution is -1.90. The molecule has 0 unspecified atom stereocenters. The number of hydrogen-bond donors (Lipinski definition) is 0. The summed E-state index contributed by atoms with van der Waals surface area (Å²) in [7, 11) is 0. The van der Waals surface area contributed by atoms with E-state index < -0.39 is 0 Å². The van der Waals surface area contributed by atoms with Crippen LogP contribution in [0.2, 0.25) is 10.2 Å². The van der Waals surface area contributed by atoms with E-state index in [1.165, 1.54) is 30.8 Å². The van der Waals surface area contributed by atoms with Gasteiger partial charge in [-0.05, 0) is 18.9 Å². The number of aromatic nitrogens is 3. The number of rotatable bonds is 3. The first-order valence-electron chi connectivity index (χ1n) is 5.54. The lowest BCUT2D eigenvalue weighted by molar-refractivity contribution is 1.00. The van der Waals surface area contributed by atoms with Gasteiger partial charge in [-0.2, -0.15) is 0 Å². The zero-order valence-electron chi connectivity index (χ0n) is 9.31. The molecule has 0 radical (unpaired) electrons. The molecule has 0 aliphatic heterocycles. The van der Waals surface area contributed by atoms with Gasteiger partial charge in [0.05, 0.1) is 23.1 Å². The first-order chi connectivity index (χ1) is 8.74. The average molecular weight is 298 g/mol. The highest BCUT2D eigenvalue weighted by Gasteiger charge is 2.28. The quantitative estimate of drug-likeness (QED) is 0.851. The molecule has 3 nitrogen and oxygen atoms in total. The minimum Gasteiger partial charge on any atom is -0.259 e. The van der Waals surface area contributed by atoms with Crippen LogP contribution in [0, 0.1) is 0 Å². The van der Waals surface area contributed by atoms with Crippen LogP contribution in [0.25, 0.3) is 0 Å². The maximum absolute atomic E-state index is 6.37. The van der Waals surface area contributed by atoms with Crippen molar-refractivity contribution in [1.82, 2.24) is 15.0 Å². The molecule has 0 aromatic carbocycles. The van der Waals surface area contributed by atoms with Crippen LogP contribution in [0.4, 0.5) is 0 Å². The summed E-state index contributed by atoms with van der Waals surface area (Å²) in [5.74, 6) is 0.536. The summed E-state index contributed by atoms with van der Waals surface area (Å²) in [6.07, 6.45) is 7.33. The van der Waals surface area contributed by atoms with Crippen molar-refractivity contribution in [2.75, 3.05) is 0 Å². The third-order valence-electron chi connectivity index (χ3n) is 2.66. The Morgan fingerprint density at radius 1 is 1.11 bits per heavy atom. The predicted octanol–water partition coefficient (Wildman–Crippen LogP) is 4.21. The maximum atomic E-state index is 6.37. The second kappa shape index (κ2) is 5.03. The molecule has 1 aliphatic rings. The van der Waals surface area contributed by atoms with Gasteiger partial charge in [0.25, 0.3) is 0 Å². The number of halogens is 2. The van der Waals surface area contributed by atoms with E-state index in [1.54, 1.807) is 12.4 Å². The Bertz CT molecular complexity index is 570. The molecule has 2 heterocycles. The fraction of sp³-hybridized carbons (Fsp3) is 0.250. The van der Waals surface area contributed by atoms with Crippen LogP contribution >= 0.6 is 35.0 Å². The van der Waals surface area contributed by atoms with Crippen molar-refractivity contribution in [2.45, 2.75) is 28.7 Å². The SMILES string of the molecule is Clc1cnc(Sc2ccnc(C3CC3)c2Cl)cn1. The van der Waals surface area contributed by atoms with E-state index >= 15 is 0 Å². The summed E-state index contributed by atoms with van der Waals surface area (Å²) in [6.45, 7) is 0. The van der Waals surface area contributed by atoms with Crippen molar-refractivity contribution in [2.24, 2.45) is 0 Å². The van der Waals surface area contributed by atoms with Gasteiger partial charge in [0.2, 0.25) is 0 Å². The molecule has 3 rings (SSSR count). The van der Waals surface area contributed by atoms with Crippen LogP contribution in [0.15, 0.2) is 34.6 Å². The topological polar surface area (TPSA) is 38.7 Å². The van der Waals surface area contributed by atoms with E-state index in [1.807, 2.05) is 6.07 Å². The van der Waals surface area contributed by atoms with Gasteiger partial charge in [-0.1, -0.05) is 35.0 Å². The Hall–Kier alpha value is -0.840. The Kier molecular flexibility index (Phi) is 3.41. The first-order valence-corrected chi connectivity index (χ1v) is 7.11. The monoisotopic (exact) mass is 297 g/mol. The third-order valence-corrected chi connectivity index (χ3v) is 4.34. The van der Waals surface area contributed by atoms with E-state index in [0.29, 0.717) is 11.1 Å². The van der Waals surface area contributed by atoms with Crippen LogP contribution in [-0.4, -0.2) is 15.0 Å². The van der Waals surface area contributed by atoms with Crippen LogP contribution in [0.5, 0.6) is 0 Å². The Balaban J connectivity index is 1.88. The van der Waals surface area contributed by atoms with Crippen molar-refractivity contribution in [3.8, 4) is 0 Å². The van der Waals surface area contributed by atoms with Gasteiger partial charge in [0, 0.05) is 17.0 Å². The van der Waals surface area contributed by atoms with Crippen LogP contribution in [0.1, 0.15) is 24.5 Å². The molecular weight excluding hydrogens is 289 g/mol. The third kappa shape index (κ3) is 2.60. The normalized spacial score (nSPS) is 14.8. The molecule has 0 saturated heterocycles. The lowest BCUT2D eigenvalue weighted by Gasteiger charge is -2.06.